The molecule has 0 aromatic carbocycles. The molecule has 31 heavy (non-hydrogen) atoms. The monoisotopic (exact) mass is 439 g/mol. The Hall–Kier alpha value is -0.570. The van der Waals surface area contributed by atoms with Crippen molar-refractivity contribution in [3.63, 3.8) is 0 Å². The number of unbranched alkanes of at least 4 members (excludes halogenated alkanes) is 18. The van der Waals surface area contributed by atoms with Crippen LogP contribution in [0.4, 0.5) is 0 Å². The highest BCUT2D eigenvalue weighted by Gasteiger charge is 2.06. The van der Waals surface area contributed by atoms with Crippen molar-refractivity contribution >= 4 is 5.97 Å². The molecule has 186 valence electrons. The van der Waals surface area contributed by atoms with Gasteiger partial charge in [0.25, 0.3) is 0 Å². The number of rotatable bonds is 20. The lowest BCUT2D eigenvalue weighted by Gasteiger charge is -2.15. The number of aliphatic carboxylic acids is 1. The van der Waals surface area contributed by atoms with E-state index in [-0.39, 0.29) is 0 Å². The molecule has 0 amide bonds. The molecule has 1 aliphatic rings. The molecule has 3 N–H and O–H groups in total. The third kappa shape index (κ3) is 27.4. The summed E-state index contributed by atoms with van der Waals surface area (Å²) in [6.45, 7) is 2.28. The van der Waals surface area contributed by atoms with Gasteiger partial charge in [-0.2, -0.15) is 0 Å². The van der Waals surface area contributed by atoms with Crippen LogP contribution in [0.2, 0.25) is 0 Å². The molecule has 0 atom stereocenters. The second kappa shape index (κ2) is 25.7. The Morgan fingerprint density at radius 3 is 1.19 bits per heavy atom. The molecule has 3 nitrogen and oxygen atoms in total. The lowest BCUT2D eigenvalue weighted by molar-refractivity contribution is -0.137. The third-order valence-corrected chi connectivity index (χ3v) is 6.64. The molecule has 1 fully saturated rings. The van der Waals surface area contributed by atoms with E-state index in [1.54, 1.807) is 0 Å². The molecule has 3 heteroatoms. The van der Waals surface area contributed by atoms with Gasteiger partial charge in [0.2, 0.25) is 0 Å². The highest BCUT2D eigenvalue weighted by Crippen LogP contribution is 2.15. The van der Waals surface area contributed by atoms with Gasteiger partial charge in [-0.05, 0) is 19.3 Å². The van der Waals surface area contributed by atoms with E-state index in [1.807, 2.05) is 0 Å². The van der Waals surface area contributed by atoms with Gasteiger partial charge >= 0.3 is 5.97 Å². The number of carboxylic acid groups (broad SMARTS) is 1. The fourth-order valence-electron chi connectivity index (χ4n) is 4.49. The van der Waals surface area contributed by atoms with Crippen molar-refractivity contribution in [3.8, 4) is 0 Å². The second-order valence-corrected chi connectivity index (χ2v) is 9.91. The Labute approximate surface area is 195 Å². The summed E-state index contributed by atoms with van der Waals surface area (Å²) in [5, 5.41) is 8.56. The van der Waals surface area contributed by atoms with Crippen molar-refractivity contribution in [2.45, 2.75) is 173 Å². The summed E-state index contributed by atoms with van der Waals surface area (Å²) < 4.78 is 0. The molecule has 1 aliphatic carbocycles. The Morgan fingerprint density at radius 2 is 0.935 bits per heavy atom. The van der Waals surface area contributed by atoms with Gasteiger partial charge in [-0.1, -0.05) is 142 Å². The molecule has 0 bridgehead atoms. The van der Waals surface area contributed by atoms with Gasteiger partial charge < -0.3 is 10.8 Å². The molecule has 0 saturated heterocycles. The summed E-state index contributed by atoms with van der Waals surface area (Å²) in [6, 6.07) is 0.536. The van der Waals surface area contributed by atoms with E-state index in [0.717, 1.165) is 12.8 Å². The minimum absolute atomic E-state index is 0.346. The maximum Gasteiger partial charge on any atom is 0.303 e. The molecule has 0 heterocycles. The van der Waals surface area contributed by atoms with Gasteiger partial charge in [0.1, 0.15) is 0 Å². The number of carbonyl (C=O) groups is 1. The summed E-state index contributed by atoms with van der Waals surface area (Å²) in [5.74, 6) is -0.651. The fraction of sp³-hybridized carbons (Fsp3) is 0.964. The normalized spacial score (nSPS) is 14.3. The van der Waals surface area contributed by atoms with Gasteiger partial charge in [-0.15, -0.1) is 0 Å². The van der Waals surface area contributed by atoms with Crippen LogP contribution in [0.1, 0.15) is 167 Å². The van der Waals surface area contributed by atoms with Crippen LogP contribution < -0.4 is 5.73 Å². The minimum atomic E-state index is -0.651. The van der Waals surface area contributed by atoms with Crippen LogP contribution >= 0.6 is 0 Å². The van der Waals surface area contributed by atoms with E-state index in [2.05, 4.69) is 6.92 Å². The second-order valence-electron chi connectivity index (χ2n) is 9.91. The predicted octanol–water partition coefficient (Wildman–Crippen LogP) is 9.17. The molecule has 0 aromatic heterocycles. The SMILES string of the molecule is CCCCCCCCCCCCCCCCCCCCCC(=O)O.NC1CCCCC1. The first-order chi connectivity index (χ1) is 15.2. The van der Waals surface area contributed by atoms with Crippen LogP contribution in [0.5, 0.6) is 0 Å². The first-order valence-corrected chi connectivity index (χ1v) is 14.1. The maximum absolute atomic E-state index is 10.4. The van der Waals surface area contributed by atoms with Crippen LogP contribution in [0.15, 0.2) is 0 Å². The van der Waals surface area contributed by atoms with Crippen LogP contribution in [0, 0.1) is 0 Å². The summed E-state index contributed by atoms with van der Waals surface area (Å²) >= 11 is 0. The van der Waals surface area contributed by atoms with Gasteiger partial charge in [0.15, 0.2) is 0 Å². The van der Waals surface area contributed by atoms with E-state index in [1.165, 1.54) is 141 Å². The molecular weight excluding hydrogens is 382 g/mol. The van der Waals surface area contributed by atoms with E-state index in [0.29, 0.717) is 12.5 Å². The highest BCUT2D eigenvalue weighted by atomic mass is 16.4. The average Bonchev–Trinajstić information content (AvgIpc) is 2.76. The Balaban J connectivity index is 0.00000107. The fourth-order valence-corrected chi connectivity index (χ4v) is 4.49. The average molecular weight is 440 g/mol. The maximum atomic E-state index is 10.4. The Bertz CT molecular complexity index is 353. The van der Waals surface area contributed by atoms with Gasteiger partial charge in [-0.25, -0.2) is 0 Å². The minimum Gasteiger partial charge on any atom is -0.481 e. The molecule has 0 aliphatic heterocycles. The number of carboxylic acids is 1. The summed E-state index contributed by atoms with van der Waals surface area (Å²) in [5.41, 5.74) is 5.63. The lowest BCUT2D eigenvalue weighted by atomic mass is 9.97. The molecule has 1 saturated carbocycles. The molecule has 1 rings (SSSR count). The van der Waals surface area contributed by atoms with Crippen molar-refractivity contribution in [1.29, 1.82) is 0 Å². The van der Waals surface area contributed by atoms with Crippen LogP contribution in [0.3, 0.4) is 0 Å². The molecular formula is C28H57NO2. The highest BCUT2D eigenvalue weighted by molar-refractivity contribution is 5.66. The van der Waals surface area contributed by atoms with E-state index in [4.69, 9.17) is 10.8 Å². The first-order valence-electron chi connectivity index (χ1n) is 14.1. The summed E-state index contributed by atoms with van der Waals surface area (Å²) in [7, 11) is 0. The van der Waals surface area contributed by atoms with Gasteiger partial charge in [0, 0.05) is 12.5 Å². The zero-order valence-electron chi connectivity index (χ0n) is 21.2. The van der Waals surface area contributed by atoms with E-state index in [9.17, 15) is 4.79 Å². The number of hydrogen-bond acceptors (Lipinski definition) is 2. The van der Waals surface area contributed by atoms with Crippen molar-refractivity contribution in [1.82, 2.24) is 0 Å². The van der Waals surface area contributed by atoms with Crippen molar-refractivity contribution in [2.24, 2.45) is 5.73 Å². The molecule has 0 aromatic rings. The van der Waals surface area contributed by atoms with Crippen LogP contribution in [-0.4, -0.2) is 17.1 Å². The van der Waals surface area contributed by atoms with Crippen molar-refractivity contribution < 1.29 is 9.90 Å². The van der Waals surface area contributed by atoms with Crippen molar-refractivity contribution in [3.05, 3.63) is 0 Å². The zero-order valence-corrected chi connectivity index (χ0v) is 21.2. The quantitative estimate of drug-likeness (QED) is 0.186. The lowest BCUT2D eigenvalue weighted by Crippen LogP contribution is -2.22. The van der Waals surface area contributed by atoms with Gasteiger partial charge in [0.05, 0.1) is 0 Å². The third-order valence-electron chi connectivity index (χ3n) is 6.64. The zero-order chi connectivity index (χ0) is 22.8. The molecule has 0 radical (unpaired) electrons. The molecule has 0 unspecified atom stereocenters. The van der Waals surface area contributed by atoms with E-state index < -0.39 is 5.97 Å². The smallest absolute Gasteiger partial charge is 0.303 e. The van der Waals surface area contributed by atoms with E-state index >= 15 is 0 Å². The first kappa shape index (κ1) is 30.4. The summed E-state index contributed by atoms with van der Waals surface area (Å²) in [4.78, 5) is 10.4. The Kier molecular flexibility index (Phi) is 25.2. The number of hydrogen-bond donors (Lipinski definition) is 2. The standard InChI is InChI=1S/C22H44O2.C6H13N/c1-2-3-4-5-6-7-8-9-10-11-12-13-14-15-16-17-18-19-20-21-22(23)24;7-6-4-2-1-3-5-6/h2-21H2,1H3,(H,23,24);6H,1-5,7H2. The Morgan fingerprint density at radius 1 is 0.613 bits per heavy atom. The largest absolute Gasteiger partial charge is 0.481 e. The van der Waals surface area contributed by atoms with Crippen molar-refractivity contribution in [2.75, 3.05) is 0 Å². The summed E-state index contributed by atoms with van der Waals surface area (Å²) in [6.07, 6.45) is 32.8. The topological polar surface area (TPSA) is 63.3 Å². The molecule has 0 spiro atoms. The number of nitrogens with two attached hydrogens (primary N) is 1. The predicted molar refractivity (Wildman–Crippen MR) is 137 cm³/mol. The van der Waals surface area contributed by atoms with Gasteiger partial charge in [-0.3, -0.25) is 4.79 Å². The van der Waals surface area contributed by atoms with Crippen LogP contribution in [0.25, 0.3) is 0 Å². The van der Waals surface area contributed by atoms with Crippen LogP contribution in [-0.2, 0) is 4.79 Å².